The minimum absolute atomic E-state index is 0.0268. The molecule has 0 aliphatic heterocycles. The molecular formula is C33H44N2O5S. The molecule has 3 rings (SSSR count). The van der Waals surface area contributed by atoms with E-state index in [2.05, 4.69) is 31.3 Å². The molecule has 0 saturated carbocycles. The van der Waals surface area contributed by atoms with Crippen LogP contribution in [0.1, 0.15) is 55.4 Å². The summed E-state index contributed by atoms with van der Waals surface area (Å²) >= 11 is 0. The summed E-state index contributed by atoms with van der Waals surface area (Å²) in [6.45, 7) is 8.30. The van der Waals surface area contributed by atoms with E-state index in [-0.39, 0.29) is 29.9 Å². The van der Waals surface area contributed by atoms with Crippen LogP contribution in [0.4, 0.5) is 0 Å². The predicted molar refractivity (Wildman–Crippen MR) is 165 cm³/mol. The van der Waals surface area contributed by atoms with Gasteiger partial charge in [0.2, 0.25) is 10.0 Å². The number of hydrogen-bond donors (Lipinski definition) is 3. The number of sulfonamides is 1. The Labute approximate surface area is 245 Å². The summed E-state index contributed by atoms with van der Waals surface area (Å²) in [5.74, 6) is -0.842. The van der Waals surface area contributed by atoms with E-state index >= 15 is 0 Å². The molecule has 0 amide bonds. The Morgan fingerprint density at radius 1 is 0.927 bits per heavy atom. The van der Waals surface area contributed by atoms with Crippen molar-refractivity contribution >= 4 is 16.0 Å². The van der Waals surface area contributed by atoms with Crippen LogP contribution >= 0.6 is 0 Å². The molecule has 3 aromatic carbocycles. The minimum Gasteiger partial charge on any atom is -0.481 e. The highest BCUT2D eigenvalue weighted by Gasteiger charge is 2.25. The number of likely N-dealkylation sites (N-methyl/N-ethyl adjacent to an activating group) is 1. The Hall–Kier alpha value is -3.04. The third-order valence-corrected chi connectivity index (χ3v) is 9.34. The van der Waals surface area contributed by atoms with Crippen LogP contribution in [-0.2, 0) is 27.7 Å². The molecule has 7 nitrogen and oxygen atoms in total. The van der Waals surface area contributed by atoms with Gasteiger partial charge in [0.15, 0.2) is 0 Å². The maximum absolute atomic E-state index is 13.4. The number of aliphatic carboxylic acids is 1. The number of carboxylic acid groups (broad SMARTS) is 1. The van der Waals surface area contributed by atoms with Crippen molar-refractivity contribution in [1.29, 1.82) is 0 Å². The number of aliphatic hydroxyl groups excluding tert-OH is 1. The Morgan fingerprint density at radius 2 is 1.63 bits per heavy atom. The quantitative estimate of drug-likeness (QED) is 0.223. The maximum atomic E-state index is 13.4. The van der Waals surface area contributed by atoms with Crippen molar-refractivity contribution in [3.63, 3.8) is 0 Å². The molecule has 0 fully saturated rings. The van der Waals surface area contributed by atoms with Crippen molar-refractivity contribution in [3.8, 4) is 11.1 Å². The fourth-order valence-electron chi connectivity index (χ4n) is 4.97. The van der Waals surface area contributed by atoms with Crippen LogP contribution in [0.25, 0.3) is 11.1 Å². The number of carboxylic acids is 1. The van der Waals surface area contributed by atoms with Crippen LogP contribution in [0, 0.1) is 13.8 Å². The summed E-state index contributed by atoms with van der Waals surface area (Å²) < 4.78 is 27.9. The molecule has 8 heteroatoms. The van der Waals surface area contributed by atoms with E-state index in [1.165, 1.54) is 16.9 Å². The van der Waals surface area contributed by atoms with Gasteiger partial charge in [-0.05, 0) is 98.9 Å². The standard InChI is InChI=1S/C33H44N2O5S/c1-24-13-14-27(15-18-32(37)38)21-31(24)30-17-16-29(20-25(30)2)41(39,40)35(5)23-28(36)22-34-33(3,4)19-9-12-26-10-7-6-8-11-26/h6-8,10-11,13-14,16-17,20-21,28,34,36H,9,12,15,18-19,22-23H2,1-5H3,(H,37,38)/t28-/m1/s1. The molecule has 0 heterocycles. The first-order valence-electron chi connectivity index (χ1n) is 14.1. The van der Waals surface area contributed by atoms with Crippen molar-refractivity contribution < 1.29 is 23.4 Å². The molecule has 1 atom stereocenters. The van der Waals surface area contributed by atoms with Crippen LogP contribution in [-0.4, -0.2) is 60.7 Å². The summed E-state index contributed by atoms with van der Waals surface area (Å²) in [6, 6.07) is 21.3. The van der Waals surface area contributed by atoms with Crippen molar-refractivity contribution in [1.82, 2.24) is 9.62 Å². The summed E-state index contributed by atoms with van der Waals surface area (Å²) in [5, 5.41) is 23.1. The van der Waals surface area contributed by atoms with Crippen LogP contribution in [0.2, 0.25) is 0 Å². The molecule has 0 unspecified atom stereocenters. The van der Waals surface area contributed by atoms with E-state index in [1.54, 1.807) is 18.2 Å². The molecule has 3 aromatic rings. The number of benzene rings is 3. The van der Waals surface area contributed by atoms with E-state index in [0.717, 1.165) is 47.1 Å². The van der Waals surface area contributed by atoms with Crippen molar-refractivity contribution in [2.45, 2.75) is 76.3 Å². The SMILES string of the molecule is Cc1cc(S(=O)(=O)N(C)C[C@H](O)CNC(C)(C)CCCc2ccccc2)ccc1-c1cc(CCC(=O)O)ccc1C. The first-order valence-corrected chi connectivity index (χ1v) is 15.6. The molecule has 0 bridgehead atoms. The molecule has 41 heavy (non-hydrogen) atoms. The lowest BCUT2D eigenvalue weighted by molar-refractivity contribution is -0.136. The van der Waals surface area contributed by atoms with Gasteiger partial charge in [-0.3, -0.25) is 4.79 Å². The van der Waals surface area contributed by atoms with Crippen molar-refractivity contribution in [2.24, 2.45) is 0 Å². The second-order valence-corrected chi connectivity index (χ2v) is 13.6. The molecule has 0 saturated heterocycles. The van der Waals surface area contributed by atoms with Gasteiger partial charge in [0.1, 0.15) is 0 Å². The third kappa shape index (κ3) is 9.50. The molecule has 0 spiro atoms. The van der Waals surface area contributed by atoms with Crippen LogP contribution in [0.3, 0.4) is 0 Å². The number of rotatable bonds is 15. The molecule has 0 radical (unpaired) electrons. The summed E-state index contributed by atoms with van der Waals surface area (Å²) in [5.41, 5.74) is 5.72. The van der Waals surface area contributed by atoms with E-state index in [0.29, 0.717) is 6.42 Å². The fraction of sp³-hybridized carbons (Fsp3) is 0.424. The second kappa shape index (κ2) is 14.2. The number of nitrogens with zero attached hydrogens (tertiary/aromatic N) is 1. The monoisotopic (exact) mass is 580 g/mol. The Bertz CT molecular complexity index is 1420. The zero-order valence-corrected chi connectivity index (χ0v) is 25.7. The van der Waals surface area contributed by atoms with Gasteiger partial charge in [0, 0.05) is 32.1 Å². The third-order valence-electron chi connectivity index (χ3n) is 7.52. The first-order chi connectivity index (χ1) is 19.3. The number of aliphatic hydroxyl groups is 1. The number of carbonyl (C=O) groups is 1. The molecule has 0 aliphatic carbocycles. The highest BCUT2D eigenvalue weighted by atomic mass is 32.2. The predicted octanol–water partition coefficient (Wildman–Crippen LogP) is 5.36. The Balaban J connectivity index is 1.60. The first kappa shape index (κ1) is 32.5. The molecule has 222 valence electrons. The lowest BCUT2D eigenvalue weighted by Crippen LogP contribution is -2.46. The van der Waals surface area contributed by atoms with Crippen LogP contribution < -0.4 is 5.32 Å². The van der Waals surface area contributed by atoms with E-state index < -0.39 is 22.1 Å². The lowest BCUT2D eigenvalue weighted by atomic mass is 9.94. The van der Waals surface area contributed by atoms with E-state index in [9.17, 15) is 18.3 Å². The van der Waals surface area contributed by atoms with Gasteiger partial charge < -0.3 is 15.5 Å². The topological polar surface area (TPSA) is 107 Å². The van der Waals surface area contributed by atoms with Gasteiger partial charge in [-0.25, -0.2) is 8.42 Å². The number of aryl methyl sites for hydroxylation is 4. The molecule has 0 aliphatic rings. The second-order valence-electron chi connectivity index (χ2n) is 11.6. The Kier molecular flexibility index (Phi) is 11.3. The number of nitrogens with one attached hydrogen (secondary N) is 1. The van der Waals surface area contributed by atoms with Crippen molar-refractivity contribution in [2.75, 3.05) is 20.1 Å². The van der Waals surface area contributed by atoms with Gasteiger partial charge in [0.05, 0.1) is 11.0 Å². The average Bonchev–Trinajstić information content (AvgIpc) is 2.92. The summed E-state index contributed by atoms with van der Waals surface area (Å²) in [6.07, 6.45) is 2.55. The van der Waals surface area contributed by atoms with Crippen LogP contribution in [0.15, 0.2) is 71.6 Å². The lowest BCUT2D eigenvalue weighted by Gasteiger charge is -2.29. The minimum atomic E-state index is -3.81. The molecular weight excluding hydrogens is 536 g/mol. The zero-order valence-electron chi connectivity index (χ0n) is 24.9. The smallest absolute Gasteiger partial charge is 0.303 e. The van der Waals surface area contributed by atoms with E-state index in [1.807, 2.05) is 50.2 Å². The highest BCUT2D eigenvalue weighted by molar-refractivity contribution is 7.89. The van der Waals surface area contributed by atoms with Gasteiger partial charge in [0.25, 0.3) is 0 Å². The van der Waals surface area contributed by atoms with Gasteiger partial charge in [-0.1, -0.05) is 54.6 Å². The molecule has 3 N–H and O–H groups in total. The van der Waals surface area contributed by atoms with Crippen LogP contribution in [0.5, 0.6) is 0 Å². The summed E-state index contributed by atoms with van der Waals surface area (Å²) in [4.78, 5) is 11.2. The van der Waals surface area contributed by atoms with Gasteiger partial charge in [-0.2, -0.15) is 4.31 Å². The normalized spacial score (nSPS) is 13.0. The Morgan fingerprint density at radius 3 is 2.29 bits per heavy atom. The maximum Gasteiger partial charge on any atom is 0.303 e. The zero-order chi connectivity index (χ0) is 30.2. The highest BCUT2D eigenvalue weighted by Crippen LogP contribution is 2.30. The van der Waals surface area contributed by atoms with E-state index in [4.69, 9.17) is 5.11 Å². The van der Waals surface area contributed by atoms with Gasteiger partial charge >= 0.3 is 5.97 Å². The fourth-order valence-corrected chi connectivity index (χ4v) is 6.26. The molecule has 0 aromatic heterocycles. The average molecular weight is 581 g/mol. The number of β-amino-alcohol motifs (C(OH)–C–C–N with tert-alkyl or cyclic N) is 1. The van der Waals surface area contributed by atoms with Gasteiger partial charge in [-0.15, -0.1) is 0 Å². The largest absolute Gasteiger partial charge is 0.481 e. The summed E-state index contributed by atoms with van der Waals surface area (Å²) in [7, 11) is -2.32. The number of hydrogen-bond acceptors (Lipinski definition) is 5. The van der Waals surface area contributed by atoms with Crippen molar-refractivity contribution in [3.05, 3.63) is 89.0 Å².